The molecule has 0 bridgehead atoms. The molecule has 2 atom stereocenters. The maximum atomic E-state index is 13.5. The van der Waals surface area contributed by atoms with Crippen LogP contribution < -0.4 is 4.90 Å². The number of aliphatic hydroxyl groups is 1. The fourth-order valence-corrected chi connectivity index (χ4v) is 2.72. The highest BCUT2D eigenvalue weighted by Crippen LogP contribution is 2.35. The normalized spacial score (nSPS) is 21.4. The Labute approximate surface area is 127 Å². The highest BCUT2D eigenvalue weighted by atomic mass is 19.2. The minimum atomic E-state index is -0.889. The zero-order chi connectivity index (χ0) is 15.9. The Morgan fingerprint density at radius 3 is 2.68 bits per heavy atom. The third kappa shape index (κ3) is 2.66. The average molecular weight is 305 g/mol. The standard InChI is InChI=1S/C16H17F2N3O/c1-9-7-19-16(20-10(9)2)21-8-12(22)6-15(21)11-3-4-13(17)14(18)5-11/h3-5,7,12,15,22H,6,8H2,1-2H3/t12-,15+/m0/s1. The Hall–Kier alpha value is -2.08. The number of β-amino-alcohol motifs (C(OH)–C–C–N with tert-alkyl or cyclic N) is 1. The minimum Gasteiger partial charge on any atom is -0.391 e. The van der Waals surface area contributed by atoms with Crippen LogP contribution in [-0.4, -0.2) is 27.7 Å². The zero-order valence-corrected chi connectivity index (χ0v) is 12.4. The molecule has 1 saturated heterocycles. The number of aliphatic hydroxyl groups excluding tert-OH is 1. The van der Waals surface area contributed by atoms with Crippen LogP contribution in [0.15, 0.2) is 24.4 Å². The van der Waals surface area contributed by atoms with Gasteiger partial charge >= 0.3 is 0 Å². The number of aryl methyl sites for hydroxylation is 2. The van der Waals surface area contributed by atoms with Crippen LogP contribution in [0.25, 0.3) is 0 Å². The molecule has 3 rings (SSSR count). The molecular weight excluding hydrogens is 288 g/mol. The molecule has 1 fully saturated rings. The molecule has 2 aromatic rings. The van der Waals surface area contributed by atoms with Crippen LogP contribution >= 0.6 is 0 Å². The second-order valence-electron chi connectivity index (χ2n) is 5.67. The van der Waals surface area contributed by atoms with Crippen molar-refractivity contribution in [3.63, 3.8) is 0 Å². The fourth-order valence-electron chi connectivity index (χ4n) is 2.72. The van der Waals surface area contributed by atoms with Crippen molar-refractivity contribution in [2.24, 2.45) is 0 Å². The molecule has 0 saturated carbocycles. The quantitative estimate of drug-likeness (QED) is 0.927. The third-order valence-corrected chi connectivity index (χ3v) is 4.08. The van der Waals surface area contributed by atoms with Crippen molar-refractivity contribution < 1.29 is 13.9 Å². The first-order chi connectivity index (χ1) is 10.5. The van der Waals surface area contributed by atoms with E-state index in [0.29, 0.717) is 24.5 Å². The molecule has 22 heavy (non-hydrogen) atoms. The lowest BCUT2D eigenvalue weighted by Crippen LogP contribution is -2.26. The molecule has 0 aliphatic carbocycles. The Bertz CT molecular complexity index is 648. The molecule has 1 aliphatic heterocycles. The lowest BCUT2D eigenvalue weighted by Gasteiger charge is -2.25. The molecule has 4 nitrogen and oxygen atoms in total. The Kier molecular flexibility index (Phi) is 3.78. The summed E-state index contributed by atoms with van der Waals surface area (Å²) in [6, 6.07) is 3.54. The average Bonchev–Trinajstić information content (AvgIpc) is 2.87. The van der Waals surface area contributed by atoms with Gasteiger partial charge in [0.1, 0.15) is 0 Å². The number of hydrogen-bond acceptors (Lipinski definition) is 4. The third-order valence-electron chi connectivity index (χ3n) is 4.08. The van der Waals surface area contributed by atoms with Gasteiger partial charge in [-0.2, -0.15) is 0 Å². The molecule has 116 valence electrons. The fraction of sp³-hybridized carbons (Fsp3) is 0.375. The number of benzene rings is 1. The van der Waals surface area contributed by atoms with Gasteiger partial charge in [0.05, 0.1) is 12.1 Å². The monoisotopic (exact) mass is 305 g/mol. The second-order valence-corrected chi connectivity index (χ2v) is 5.67. The van der Waals surface area contributed by atoms with Gasteiger partial charge in [-0.15, -0.1) is 0 Å². The van der Waals surface area contributed by atoms with E-state index in [-0.39, 0.29) is 6.04 Å². The summed E-state index contributed by atoms with van der Waals surface area (Å²) in [4.78, 5) is 10.6. The lowest BCUT2D eigenvalue weighted by atomic mass is 10.0. The van der Waals surface area contributed by atoms with Crippen molar-refractivity contribution in [2.45, 2.75) is 32.4 Å². The maximum absolute atomic E-state index is 13.5. The minimum absolute atomic E-state index is 0.271. The number of rotatable bonds is 2. The second kappa shape index (κ2) is 5.61. The number of halogens is 2. The Balaban J connectivity index is 1.98. The van der Waals surface area contributed by atoms with Gasteiger partial charge in [-0.3, -0.25) is 0 Å². The maximum Gasteiger partial charge on any atom is 0.226 e. The first-order valence-corrected chi connectivity index (χ1v) is 7.15. The van der Waals surface area contributed by atoms with E-state index < -0.39 is 17.7 Å². The molecule has 1 aliphatic rings. The van der Waals surface area contributed by atoms with Gasteiger partial charge in [-0.1, -0.05) is 6.07 Å². The van der Waals surface area contributed by atoms with Crippen molar-refractivity contribution in [3.8, 4) is 0 Å². The van der Waals surface area contributed by atoms with Gasteiger partial charge in [-0.25, -0.2) is 18.7 Å². The van der Waals surface area contributed by atoms with Gasteiger partial charge in [0, 0.05) is 18.4 Å². The summed E-state index contributed by atoms with van der Waals surface area (Å²) in [6.45, 7) is 4.18. The molecule has 1 aromatic carbocycles. The molecule has 1 aromatic heterocycles. The predicted molar refractivity (Wildman–Crippen MR) is 78.6 cm³/mol. The first-order valence-electron chi connectivity index (χ1n) is 7.15. The van der Waals surface area contributed by atoms with Crippen molar-refractivity contribution in [1.29, 1.82) is 0 Å². The van der Waals surface area contributed by atoms with Crippen LogP contribution in [0.2, 0.25) is 0 Å². The summed E-state index contributed by atoms with van der Waals surface area (Å²) in [7, 11) is 0. The molecular formula is C16H17F2N3O. The zero-order valence-electron chi connectivity index (χ0n) is 12.4. The largest absolute Gasteiger partial charge is 0.391 e. The predicted octanol–water partition coefficient (Wildman–Crippen LogP) is 2.68. The van der Waals surface area contributed by atoms with E-state index in [0.717, 1.165) is 17.3 Å². The summed E-state index contributed by atoms with van der Waals surface area (Å²) in [6.07, 6.45) is 1.61. The lowest BCUT2D eigenvalue weighted by molar-refractivity contribution is 0.194. The van der Waals surface area contributed by atoms with Gasteiger partial charge in [0.15, 0.2) is 11.6 Å². The van der Waals surface area contributed by atoms with Crippen molar-refractivity contribution in [1.82, 2.24) is 9.97 Å². The molecule has 2 heterocycles. The summed E-state index contributed by atoms with van der Waals surface area (Å²) >= 11 is 0. The topological polar surface area (TPSA) is 49.2 Å². The number of aromatic nitrogens is 2. The van der Waals surface area contributed by atoms with Gasteiger partial charge in [0.25, 0.3) is 0 Å². The highest BCUT2D eigenvalue weighted by Gasteiger charge is 2.34. The SMILES string of the molecule is Cc1cnc(N2C[C@@H](O)C[C@@H]2c2ccc(F)c(F)c2)nc1C. The number of anilines is 1. The smallest absolute Gasteiger partial charge is 0.226 e. The van der Waals surface area contributed by atoms with E-state index in [4.69, 9.17) is 0 Å². The van der Waals surface area contributed by atoms with Crippen molar-refractivity contribution in [3.05, 3.63) is 52.9 Å². The van der Waals surface area contributed by atoms with E-state index in [1.807, 2.05) is 18.7 Å². The van der Waals surface area contributed by atoms with Crippen LogP contribution in [0.5, 0.6) is 0 Å². The van der Waals surface area contributed by atoms with Crippen LogP contribution in [0.1, 0.15) is 29.3 Å². The summed E-state index contributed by atoms with van der Waals surface area (Å²) in [5, 5.41) is 9.98. The van der Waals surface area contributed by atoms with Crippen LogP contribution in [-0.2, 0) is 0 Å². The molecule has 0 radical (unpaired) electrons. The summed E-state index contributed by atoms with van der Waals surface area (Å²) in [5.41, 5.74) is 2.44. The van der Waals surface area contributed by atoms with E-state index in [2.05, 4.69) is 9.97 Å². The van der Waals surface area contributed by atoms with Crippen molar-refractivity contribution >= 4 is 5.95 Å². The molecule has 0 spiro atoms. The van der Waals surface area contributed by atoms with Gasteiger partial charge < -0.3 is 10.0 Å². The summed E-state index contributed by atoms with van der Waals surface area (Å²) < 4.78 is 26.6. The Morgan fingerprint density at radius 1 is 1.23 bits per heavy atom. The first kappa shape index (κ1) is 14.8. The van der Waals surface area contributed by atoms with E-state index in [1.54, 1.807) is 6.20 Å². The van der Waals surface area contributed by atoms with Crippen LogP contribution in [0, 0.1) is 25.5 Å². The molecule has 6 heteroatoms. The number of nitrogens with zero attached hydrogens (tertiary/aromatic N) is 3. The molecule has 0 unspecified atom stereocenters. The van der Waals surface area contributed by atoms with E-state index in [9.17, 15) is 13.9 Å². The van der Waals surface area contributed by atoms with Gasteiger partial charge in [-0.05, 0) is 43.5 Å². The van der Waals surface area contributed by atoms with Crippen LogP contribution in [0.4, 0.5) is 14.7 Å². The van der Waals surface area contributed by atoms with E-state index in [1.165, 1.54) is 12.1 Å². The Morgan fingerprint density at radius 2 is 2.00 bits per heavy atom. The molecule has 1 N–H and O–H groups in total. The number of hydrogen-bond donors (Lipinski definition) is 1. The van der Waals surface area contributed by atoms with E-state index >= 15 is 0 Å². The van der Waals surface area contributed by atoms with Crippen molar-refractivity contribution in [2.75, 3.05) is 11.4 Å². The summed E-state index contributed by atoms with van der Waals surface area (Å²) in [5.74, 6) is -1.27. The highest BCUT2D eigenvalue weighted by molar-refractivity contribution is 5.40. The van der Waals surface area contributed by atoms with Crippen LogP contribution in [0.3, 0.4) is 0 Å². The molecule has 0 amide bonds. The van der Waals surface area contributed by atoms with Gasteiger partial charge in [0.2, 0.25) is 5.95 Å².